The van der Waals surface area contributed by atoms with Crippen LogP contribution in [0.15, 0.2) is 48.0 Å². The molecule has 0 saturated carbocycles. The number of benzene rings is 2. The maximum Gasteiger partial charge on any atom is 0.250 e. The molecule has 1 saturated heterocycles. The fraction of sp³-hybridized carbons (Fsp3) is 0.375. The monoisotopic (exact) mass is 441 g/mol. The topological polar surface area (TPSA) is 54.0 Å². The van der Waals surface area contributed by atoms with Crippen LogP contribution in [-0.2, 0) is 4.79 Å². The van der Waals surface area contributed by atoms with Gasteiger partial charge in [-0.25, -0.2) is 0 Å². The summed E-state index contributed by atoms with van der Waals surface area (Å²) in [5, 5.41) is 3.65. The van der Waals surface area contributed by atoms with Crippen molar-refractivity contribution in [2.45, 2.75) is 6.42 Å². The number of hydrogen-bond acceptors (Lipinski definition) is 5. The molecule has 0 aliphatic carbocycles. The van der Waals surface area contributed by atoms with E-state index < -0.39 is 0 Å². The van der Waals surface area contributed by atoms with Crippen LogP contribution in [0.5, 0.6) is 11.5 Å². The van der Waals surface area contributed by atoms with Crippen LogP contribution in [0, 0.1) is 0 Å². The molecule has 2 aliphatic heterocycles. The van der Waals surface area contributed by atoms with Crippen LogP contribution in [0.25, 0.3) is 6.08 Å². The summed E-state index contributed by atoms with van der Waals surface area (Å²) in [7, 11) is 1.69. The Hall–Kier alpha value is -2.70. The van der Waals surface area contributed by atoms with Crippen molar-refractivity contribution in [1.82, 2.24) is 10.2 Å². The van der Waals surface area contributed by atoms with E-state index in [4.69, 9.17) is 21.1 Å². The standard InChI is InChI=1S/C24H28ClN3O3/c1-30-22-6-4-21(5-7-22)28-13-11-27(12-14-28)10-2-9-26-24(29)19-15-18-16-20(25)3-8-23(18)31-17-19/h3-8,15-16H,2,9-14,17H2,1H3,(H,26,29). The molecule has 7 heteroatoms. The lowest BCUT2D eigenvalue weighted by Crippen LogP contribution is -2.47. The van der Waals surface area contributed by atoms with Gasteiger partial charge in [0.1, 0.15) is 18.1 Å². The Kier molecular flexibility index (Phi) is 6.99. The van der Waals surface area contributed by atoms with E-state index in [1.165, 1.54) is 5.69 Å². The number of hydrogen-bond donors (Lipinski definition) is 1. The van der Waals surface area contributed by atoms with Gasteiger partial charge in [0.15, 0.2) is 0 Å². The average molecular weight is 442 g/mol. The molecule has 2 aromatic rings. The molecule has 4 rings (SSSR count). The maximum absolute atomic E-state index is 12.5. The molecule has 6 nitrogen and oxygen atoms in total. The summed E-state index contributed by atoms with van der Waals surface area (Å²) in [6, 6.07) is 13.7. The molecular formula is C24H28ClN3O3. The second-order valence-electron chi connectivity index (χ2n) is 7.78. The minimum atomic E-state index is -0.0741. The summed E-state index contributed by atoms with van der Waals surface area (Å²) < 4.78 is 10.9. The Morgan fingerprint density at radius 3 is 2.65 bits per heavy atom. The highest BCUT2D eigenvalue weighted by Gasteiger charge is 2.19. The van der Waals surface area contributed by atoms with Crippen LogP contribution in [0.2, 0.25) is 5.02 Å². The van der Waals surface area contributed by atoms with Crippen LogP contribution >= 0.6 is 11.6 Å². The second-order valence-corrected chi connectivity index (χ2v) is 8.21. The van der Waals surface area contributed by atoms with Crippen molar-refractivity contribution in [3.8, 4) is 11.5 Å². The zero-order chi connectivity index (χ0) is 21.6. The summed E-state index contributed by atoms with van der Waals surface area (Å²) in [4.78, 5) is 17.3. The summed E-state index contributed by atoms with van der Waals surface area (Å²) in [5.74, 6) is 1.57. The van der Waals surface area contributed by atoms with Gasteiger partial charge in [-0.3, -0.25) is 9.69 Å². The Morgan fingerprint density at radius 2 is 1.90 bits per heavy atom. The predicted molar refractivity (Wildman–Crippen MR) is 124 cm³/mol. The van der Waals surface area contributed by atoms with E-state index in [0.717, 1.165) is 56.2 Å². The number of ether oxygens (including phenoxy) is 2. The molecule has 164 valence electrons. The molecule has 0 radical (unpaired) electrons. The van der Waals surface area contributed by atoms with Crippen molar-refractivity contribution >= 4 is 29.3 Å². The third-order valence-corrected chi connectivity index (χ3v) is 5.96. The van der Waals surface area contributed by atoms with Crippen LogP contribution in [0.1, 0.15) is 12.0 Å². The molecule has 2 heterocycles. The van der Waals surface area contributed by atoms with Crippen molar-refractivity contribution in [3.05, 3.63) is 58.6 Å². The van der Waals surface area contributed by atoms with Crippen molar-refractivity contribution < 1.29 is 14.3 Å². The molecule has 1 fully saturated rings. The molecule has 2 aromatic carbocycles. The summed E-state index contributed by atoms with van der Waals surface area (Å²) in [6.07, 6.45) is 2.78. The van der Waals surface area contributed by atoms with Gasteiger partial charge in [-0.2, -0.15) is 0 Å². The Balaban J connectivity index is 1.17. The lowest BCUT2D eigenvalue weighted by molar-refractivity contribution is -0.117. The number of fused-ring (bicyclic) bond motifs is 1. The SMILES string of the molecule is COc1ccc(N2CCN(CCCNC(=O)C3=Cc4cc(Cl)ccc4OC3)CC2)cc1. The largest absolute Gasteiger partial charge is 0.497 e. The molecule has 2 aliphatic rings. The number of amides is 1. The van der Waals surface area contributed by atoms with Gasteiger partial charge in [0, 0.05) is 49.0 Å². The van der Waals surface area contributed by atoms with Gasteiger partial charge >= 0.3 is 0 Å². The lowest BCUT2D eigenvalue weighted by Gasteiger charge is -2.36. The van der Waals surface area contributed by atoms with E-state index in [1.54, 1.807) is 13.2 Å². The fourth-order valence-corrected chi connectivity index (χ4v) is 4.10. The number of anilines is 1. The molecule has 1 amide bonds. The number of rotatable bonds is 7. The first kappa shape index (κ1) is 21.5. The van der Waals surface area contributed by atoms with E-state index in [9.17, 15) is 4.79 Å². The van der Waals surface area contributed by atoms with E-state index in [2.05, 4.69) is 27.2 Å². The number of carbonyl (C=O) groups is 1. The molecular weight excluding hydrogens is 414 g/mol. The second kappa shape index (κ2) is 10.1. The number of nitrogens with one attached hydrogen (secondary N) is 1. The van der Waals surface area contributed by atoms with Crippen LogP contribution in [-0.4, -0.2) is 63.8 Å². The van der Waals surface area contributed by atoms with Crippen molar-refractivity contribution in [3.63, 3.8) is 0 Å². The molecule has 1 N–H and O–H groups in total. The van der Waals surface area contributed by atoms with Crippen LogP contribution < -0.4 is 19.7 Å². The smallest absolute Gasteiger partial charge is 0.250 e. The zero-order valence-corrected chi connectivity index (χ0v) is 18.5. The highest BCUT2D eigenvalue weighted by Crippen LogP contribution is 2.29. The predicted octanol–water partition coefficient (Wildman–Crippen LogP) is 3.45. The lowest BCUT2D eigenvalue weighted by atomic mass is 10.1. The highest BCUT2D eigenvalue weighted by atomic mass is 35.5. The Bertz CT molecular complexity index is 938. The first-order valence-corrected chi connectivity index (χ1v) is 11.0. The molecule has 0 aromatic heterocycles. The van der Waals surface area contributed by atoms with E-state index in [0.29, 0.717) is 17.1 Å². The summed E-state index contributed by atoms with van der Waals surface area (Å²) in [6.45, 7) is 5.97. The van der Waals surface area contributed by atoms with Crippen LogP contribution in [0.3, 0.4) is 0 Å². The minimum Gasteiger partial charge on any atom is -0.497 e. The third kappa shape index (κ3) is 5.51. The molecule has 0 atom stereocenters. The Morgan fingerprint density at radius 1 is 1.13 bits per heavy atom. The molecule has 0 bridgehead atoms. The number of methoxy groups -OCH3 is 1. The van der Waals surface area contributed by atoms with Gasteiger partial charge in [-0.05, 0) is 61.5 Å². The fourth-order valence-electron chi connectivity index (χ4n) is 3.92. The number of carbonyl (C=O) groups excluding carboxylic acids is 1. The first-order chi connectivity index (χ1) is 15.1. The maximum atomic E-state index is 12.5. The van der Waals surface area contributed by atoms with Gasteiger partial charge in [-0.1, -0.05) is 11.6 Å². The van der Waals surface area contributed by atoms with Gasteiger partial charge in [0.2, 0.25) is 0 Å². The quantitative estimate of drug-likeness (QED) is 0.667. The van der Waals surface area contributed by atoms with Crippen molar-refractivity contribution in [2.75, 3.05) is 57.9 Å². The molecule has 0 spiro atoms. The molecule has 0 unspecified atom stereocenters. The Labute approximate surface area is 188 Å². The highest BCUT2D eigenvalue weighted by molar-refractivity contribution is 6.30. The number of nitrogens with zero attached hydrogens (tertiary/aromatic N) is 2. The van der Waals surface area contributed by atoms with Gasteiger partial charge in [0.05, 0.1) is 12.7 Å². The summed E-state index contributed by atoms with van der Waals surface area (Å²) >= 11 is 6.04. The summed E-state index contributed by atoms with van der Waals surface area (Å²) in [5.41, 5.74) is 2.71. The third-order valence-electron chi connectivity index (χ3n) is 5.72. The minimum absolute atomic E-state index is 0.0741. The van der Waals surface area contributed by atoms with Crippen molar-refractivity contribution in [1.29, 1.82) is 0 Å². The number of piperazine rings is 1. The van der Waals surface area contributed by atoms with E-state index in [-0.39, 0.29) is 12.5 Å². The van der Waals surface area contributed by atoms with E-state index in [1.807, 2.05) is 30.3 Å². The van der Waals surface area contributed by atoms with E-state index >= 15 is 0 Å². The normalized spacial score (nSPS) is 16.2. The zero-order valence-electron chi connectivity index (χ0n) is 17.8. The van der Waals surface area contributed by atoms with Gasteiger partial charge in [-0.15, -0.1) is 0 Å². The van der Waals surface area contributed by atoms with Crippen molar-refractivity contribution in [2.24, 2.45) is 0 Å². The molecule has 31 heavy (non-hydrogen) atoms. The number of halogens is 1. The van der Waals surface area contributed by atoms with Gasteiger partial charge in [0.25, 0.3) is 5.91 Å². The van der Waals surface area contributed by atoms with Crippen LogP contribution in [0.4, 0.5) is 5.69 Å². The van der Waals surface area contributed by atoms with Gasteiger partial charge < -0.3 is 19.7 Å². The average Bonchev–Trinajstić information content (AvgIpc) is 2.81. The first-order valence-electron chi connectivity index (χ1n) is 10.6.